The van der Waals surface area contributed by atoms with E-state index in [1.54, 1.807) is 41.3 Å². The Balaban J connectivity index is 1.93. The second-order valence-corrected chi connectivity index (χ2v) is 7.41. The summed E-state index contributed by atoms with van der Waals surface area (Å²) in [7, 11) is 0. The van der Waals surface area contributed by atoms with Crippen LogP contribution in [0.25, 0.3) is 11.3 Å². The molecule has 0 aliphatic carbocycles. The van der Waals surface area contributed by atoms with E-state index >= 15 is 0 Å². The third-order valence-corrected chi connectivity index (χ3v) is 5.72. The van der Waals surface area contributed by atoms with Gasteiger partial charge in [0.25, 0.3) is 0 Å². The first-order chi connectivity index (χ1) is 14.0. The highest BCUT2D eigenvalue weighted by molar-refractivity contribution is 9.10. The molecule has 2 aromatic heterocycles. The highest BCUT2D eigenvalue weighted by Crippen LogP contribution is 2.34. The number of aromatic nitrogens is 3. The van der Waals surface area contributed by atoms with Crippen molar-refractivity contribution in [2.75, 3.05) is 0 Å². The third-order valence-electron chi connectivity index (χ3n) is 4.77. The average Bonchev–Trinajstić information content (AvgIpc) is 3.00. The Labute approximate surface area is 174 Å². The maximum atomic E-state index is 13.5. The standard InChI is InChI=1S/C22H16BrF2N3O/c1-13-20(23)21(18-12-26-11-10-19(18)29)27-28(13)22(14-2-6-16(24)7-3-14)15-4-8-17(25)9-5-15/h2-12,22H,1H3,(H,26,29). The van der Waals surface area contributed by atoms with Crippen LogP contribution in [0.2, 0.25) is 0 Å². The first-order valence-corrected chi connectivity index (χ1v) is 9.68. The number of aromatic amines is 1. The molecule has 0 aliphatic heterocycles. The molecule has 0 unspecified atom stereocenters. The Morgan fingerprint density at radius 2 is 1.52 bits per heavy atom. The fraction of sp³-hybridized carbons (Fsp3) is 0.0909. The van der Waals surface area contributed by atoms with Crippen LogP contribution in [0.5, 0.6) is 0 Å². The first-order valence-electron chi connectivity index (χ1n) is 8.88. The summed E-state index contributed by atoms with van der Waals surface area (Å²) in [5.41, 5.74) is 3.11. The van der Waals surface area contributed by atoms with Crippen LogP contribution in [0.1, 0.15) is 22.9 Å². The molecule has 4 aromatic rings. The SMILES string of the molecule is Cc1c(Br)c(-c2c[nH]ccc2=O)nn1C(c1ccc(F)cc1)c1ccc(F)cc1. The number of pyridine rings is 1. The minimum absolute atomic E-state index is 0.158. The predicted molar refractivity (Wildman–Crippen MR) is 111 cm³/mol. The van der Waals surface area contributed by atoms with E-state index < -0.39 is 6.04 Å². The van der Waals surface area contributed by atoms with E-state index in [-0.39, 0.29) is 17.1 Å². The molecule has 0 bridgehead atoms. The van der Waals surface area contributed by atoms with E-state index in [0.29, 0.717) is 15.7 Å². The van der Waals surface area contributed by atoms with Gasteiger partial charge in [0.2, 0.25) is 0 Å². The van der Waals surface area contributed by atoms with Crippen molar-refractivity contribution in [1.29, 1.82) is 0 Å². The van der Waals surface area contributed by atoms with E-state index in [1.165, 1.54) is 30.3 Å². The van der Waals surface area contributed by atoms with Gasteiger partial charge in [-0.15, -0.1) is 0 Å². The Kier molecular flexibility index (Phi) is 5.15. The average molecular weight is 456 g/mol. The van der Waals surface area contributed by atoms with Gasteiger partial charge >= 0.3 is 0 Å². The van der Waals surface area contributed by atoms with Gasteiger partial charge < -0.3 is 4.98 Å². The molecule has 7 heteroatoms. The molecule has 0 spiro atoms. The van der Waals surface area contributed by atoms with E-state index in [0.717, 1.165) is 16.8 Å². The van der Waals surface area contributed by atoms with Gasteiger partial charge in [0.15, 0.2) is 5.43 Å². The summed E-state index contributed by atoms with van der Waals surface area (Å²) in [5.74, 6) is -0.692. The Morgan fingerprint density at radius 1 is 0.966 bits per heavy atom. The molecule has 0 fully saturated rings. The molecular formula is C22H16BrF2N3O. The van der Waals surface area contributed by atoms with Gasteiger partial charge in [-0.2, -0.15) is 5.10 Å². The van der Waals surface area contributed by atoms with Gasteiger partial charge in [-0.3, -0.25) is 9.48 Å². The number of halogens is 3. The Hall–Kier alpha value is -3.06. The Bertz CT molecular complexity index is 1170. The second-order valence-electron chi connectivity index (χ2n) is 6.62. The quantitative estimate of drug-likeness (QED) is 0.458. The van der Waals surface area contributed by atoms with Crippen LogP contribution in [-0.4, -0.2) is 14.8 Å². The molecule has 0 atom stereocenters. The van der Waals surface area contributed by atoms with Crippen molar-refractivity contribution in [3.05, 3.63) is 110 Å². The summed E-state index contributed by atoms with van der Waals surface area (Å²) in [6.07, 6.45) is 3.16. The van der Waals surface area contributed by atoms with Crippen molar-refractivity contribution in [1.82, 2.24) is 14.8 Å². The maximum absolute atomic E-state index is 13.5. The van der Waals surface area contributed by atoms with Crippen molar-refractivity contribution in [2.45, 2.75) is 13.0 Å². The van der Waals surface area contributed by atoms with E-state index in [4.69, 9.17) is 5.10 Å². The molecule has 4 rings (SSSR count). The summed E-state index contributed by atoms with van der Waals surface area (Å²) in [4.78, 5) is 15.2. The lowest BCUT2D eigenvalue weighted by Gasteiger charge is -2.20. The molecule has 1 N–H and O–H groups in total. The monoisotopic (exact) mass is 455 g/mol. The number of hydrogen-bond acceptors (Lipinski definition) is 2. The lowest BCUT2D eigenvalue weighted by atomic mass is 9.98. The molecule has 0 radical (unpaired) electrons. The van der Waals surface area contributed by atoms with Crippen LogP contribution in [0.3, 0.4) is 0 Å². The van der Waals surface area contributed by atoms with Crippen LogP contribution in [-0.2, 0) is 0 Å². The third kappa shape index (κ3) is 3.65. The fourth-order valence-electron chi connectivity index (χ4n) is 3.29. The zero-order chi connectivity index (χ0) is 20.5. The van der Waals surface area contributed by atoms with Gasteiger partial charge in [0.1, 0.15) is 23.4 Å². The minimum atomic E-state index is -0.427. The van der Waals surface area contributed by atoms with Crippen LogP contribution in [0.4, 0.5) is 8.78 Å². The maximum Gasteiger partial charge on any atom is 0.191 e. The van der Waals surface area contributed by atoms with E-state index in [2.05, 4.69) is 20.9 Å². The number of benzene rings is 2. The lowest BCUT2D eigenvalue weighted by Crippen LogP contribution is -2.16. The normalized spacial score (nSPS) is 11.2. The topological polar surface area (TPSA) is 50.7 Å². The van der Waals surface area contributed by atoms with Crippen LogP contribution in [0.15, 0.2) is 76.3 Å². The van der Waals surface area contributed by atoms with Crippen molar-refractivity contribution < 1.29 is 8.78 Å². The van der Waals surface area contributed by atoms with Gasteiger partial charge in [-0.05, 0) is 58.2 Å². The van der Waals surface area contributed by atoms with Gasteiger partial charge in [0, 0.05) is 18.5 Å². The summed E-state index contributed by atoms with van der Waals surface area (Å²) < 4.78 is 29.4. The largest absolute Gasteiger partial charge is 0.367 e. The summed E-state index contributed by atoms with van der Waals surface area (Å²) in [6.45, 7) is 1.87. The fourth-order valence-corrected chi connectivity index (χ4v) is 3.76. The molecule has 29 heavy (non-hydrogen) atoms. The predicted octanol–water partition coefficient (Wildman–Crippen LogP) is 5.23. The smallest absolute Gasteiger partial charge is 0.191 e. The van der Waals surface area contributed by atoms with E-state index in [1.807, 2.05) is 6.92 Å². The number of H-pyrrole nitrogens is 1. The highest BCUT2D eigenvalue weighted by atomic mass is 79.9. The zero-order valence-electron chi connectivity index (χ0n) is 15.4. The highest BCUT2D eigenvalue weighted by Gasteiger charge is 2.24. The number of nitrogens with one attached hydrogen (secondary N) is 1. The van der Waals surface area contributed by atoms with Crippen LogP contribution < -0.4 is 5.43 Å². The Morgan fingerprint density at radius 3 is 2.03 bits per heavy atom. The number of rotatable bonds is 4. The van der Waals surface area contributed by atoms with Crippen molar-refractivity contribution in [2.24, 2.45) is 0 Å². The number of nitrogens with zero attached hydrogens (tertiary/aromatic N) is 2. The summed E-state index contributed by atoms with van der Waals surface area (Å²) >= 11 is 3.55. The van der Waals surface area contributed by atoms with Crippen molar-refractivity contribution in [3.8, 4) is 11.3 Å². The second kappa shape index (κ2) is 7.75. The molecule has 0 amide bonds. The lowest BCUT2D eigenvalue weighted by molar-refractivity contribution is 0.573. The summed E-state index contributed by atoms with van der Waals surface area (Å²) in [5, 5.41) is 4.70. The van der Waals surface area contributed by atoms with Crippen LogP contribution >= 0.6 is 15.9 Å². The molecule has 0 saturated heterocycles. The summed E-state index contributed by atoms with van der Waals surface area (Å²) in [6, 6.07) is 13.2. The molecule has 0 aliphatic rings. The van der Waals surface area contributed by atoms with Crippen molar-refractivity contribution >= 4 is 15.9 Å². The molecule has 146 valence electrons. The van der Waals surface area contributed by atoms with E-state index in [9.17, 15) is 13.6 Å². The van der Waals surface area contributed by atoms with Crippen LogP contribution in [0, 0.1) is 18.6 Å². The molecule has 0 saturated carbocycles. The number of hydrogen-bond donors (Lipinski definition) is 1. The van der Waals surface area contributed by atoms with Crippen molar-refractivity contribution in [3.63, 3.8) is 0 Å². The molecule has 4 nitrogen and oxygen atoms in total. The van der Waals surface area contributed by atoms with Gasteiger partial charge in [-0.1, -0.05) is 24.3 Å². The molecule has 2 aromatic carbocycles. The minimum Gasteiger partial charge on any atom is -0.367 e. The van der Waals surface area contributed by atoms with Gasteiger partial charge in [0.05, 0.1) is 15.7 Å². The van der Waals surface area contributed by atoms with Gasteiger partial charge in [-0.25, -0.2) is 8.78 Å². The first kappa shape index (κ1) is 19.3. The molecular weight excluding hydrogens is 440 g/mol. The zero-order valence-corrected chi connectivity index (χ0v) is 17.0. The molecule has 2 heterocycles.